The SMILES string of the molecule is Cc1cncc(NCC2CCN(c3cc(Cl)ccc3C)C2)n1. The number of halogens is 1. The molecule has 1 unspecified atom stereocenters. The van der Waals surface area contributed by atoms with Crippen LogP contribution in [0.15, 0.2) is 30.6 Å². The summed E-state index contributed by atoms with van der Waals surface area (Å²) in [6.45, 7) is 7.14. The van der Waals surface area contributed by atoms with E-state index in [4.69, 9.17) is 11.6 Å². The summed E-state index contributed by atoms with van der Waals surface area (Å²) in [5.41, 5.74) is 3.47. The zero-order valence-corrected chi connectivity index (χ0v) is 13.8. The minimum Gasteiger partial charge on any atom is -0.371 e. The number of anilines is 2. The van der Waals surface area contributed by atoms with Gasteiger partial charge in [0.05, 0.1) is 11.9 Å². The van der Waals surface area contributed by atoms with Gasteiger partial charge < -0.3 is 10.2 Å². The monoisotopic (exact) mass is 316 g/mol. The van der Waals surface area contributed by atoms with Crippen molar-refractivity contribution < 1.29 is 0 Å². The van der Waals surface area contributed by atoms with Crippen LogP contribution in [0.1, 0.15) is 17.7 Å². The van der Waals surface area contributed by atoms with E-state index in [0.717, 1.165) is 36.2 Å². The van der Waals surface area contributed by atoms with E-state index in [0.29, 0.717) is 5.92 Å². The summed E-state index contributed by atoms with van der Waals surface area (Å²) in [6, 6.07) is 6.11. The van der Waals surface area contributed by atoms with E-state index in [9.17, 15) is 0 Å². The lowest BCUT2D eigenvalue weighted by Gasteiger charge is -2.21. The van der Waals surface area contributed by atoms with Crippen molar-refractivity contribution in [1.82, 2.24) is 9.97 Å². The molecule has 116 valence electrons. The first-order chi connectivity index (χ1) is 10.6. The van der Waals surface area contributed by atoms with Crippen LogP contribution in [0.3, 0.4) is 0 Å². The van der Waals surface area contributed by atoms with Gasteiger partial charge in [0.25, 0.3) is 0 Å². The molecule has 1 aliphatic rings. The molecule has 4 nitrogen and oxygen atoms in total. The average Bonchev–Trinajstić information content (AvgIpc) is 2.96. The van der Waals surface area contributed by atoms with Gasteiger partial charge in [0.15, 0.2) is 0 Å². The van der Waals surface area contributed by atoms with Crippen molar-refractivity contribution in [3.05, 3.63) is 46.9 Å². The first-order valence-electron chi connectivity index (χ1n) is 7.65. The summed E-state index contributed by atoms with van der Waals surface area (Å²) >= 11 is 6.13. The van der Waals surface area contributed by atoms with E-state index in [2.05, 4.69) is 39.2 Å². The quantitative estimate of drug-likeness (QED) is 0.934. The van der Waals surface area contributed by atoms with E-state index in [1.807, 2.05) is 13.0 Å². The van der Waals surface area contributed by atoms with E-state index >= 15 is 0 Å². The van der Waals surface area contributed by atoms with Gasteiger partial charge in [0.2, 0.25) is 0 Å². The van der Waals surface area contributed by atoms with Crippen LogP contribution in [0.25, 0.3) is 0 Å². The summed E-state index contributed by atoms with van der Waals surface area (Å²) in [4.78, 5) is 11.0. The topological polar surface area (TPSA) is 41.1 Å². The standard InChI is InChI=1S/C17H21ClN4/c1-12-3-4-15(18)7-16(12)22-6-5-14(11-22)9-20-17-10-19-8-13(2)21-17/h3-4,7-8,10,14H,5-6,9,11H2,1-2H3,(H,20,21). The smallest absolute Gasteiger partial charge is 0.144 e. The second-order valence-electron chi connectivity index (χ2n) is 5.96. The molecule has 1 fully saturated rings. The number of rotatable bonds is 4. The van der Waals surface area contributed by atoms with Crippen LogP contribution in [0.2, 0.25) is 5.02 Å². The lowest BCUT2D eigenvalue weighted by molar-refractivity contribution is 0.621. The van der Waals surface area contributed by atoms with E-state index in [1.165, 1.54) is 17.7 Å². The van der Waals surface area contributed by atoms with Crippen molar-refractivity contribution >= 4 is 23.1 Å². The van der Waals surface area contributed by atoms with Gasteiger partial charge in [-0.3, -0.25) is 4.98 Å². The van der Waals surface area contributed by atoms with Crippen molar-refractivity contribution in [2.24, 2.45) is 5.92 Å². The summed E-state index contributed by atoms with van der Waals surface area (Å²) in [5.74, 6) is 1.47. The van der Waals surface area contributed by atoms with Crippen LogP contribution in [-0.4, -0.2) is 29.6 Å². The van der Waals surface area contributed by atoms with Gasteiger partial charge in [0.1, 0.15) is 5.82 Å². The molecule has 0 radical (unpaired) electrons. The molecule has 2 aromatic rings. The van der Waals surface area contributed by atoms with Crippen molar-refractivity contribution in [3.8, 4) is 0 Å². The predicted molar refractivity (Wildman–Crippen MR) is 91.8 cm³/mol. The fourth-order valence-corrected chi connectivity index (χ4v) is 3.11. The molecule has 1 saturated heterocycles. The van der Waals surface area contributed by atoms with Crippen LogP contribution in [0.4, 0.5) is 11.5 Å². The maximum atomic E-state index is 6.13. The average molecular weight is 317 g/mol. The second kappa shape index (κ2) is 6.53. The molecule has 1 N–H and O–H groups in total. The van der Waals surface area contributed by atoms with Crippen molar-refractivity contribution in [3.63, 3.8) is 0 Å². The third-order valence-electron chi connectivity index (χ3n) is 4.12. The van der Waals surface area contributed by atoms with Gasteiger partial charge in [-0.25, -0.2) is 4.98 Å². The number of nitrogens with one attached hydrogen (secondary N) is 1. The molecule has 3 rings (SSSR count). The highest BCUT2D eigenvalue weighted by molar-refractivity contribution is 6.30. The Morgan fingerprint density at radius 2 is 2.18 bits per heavy atom. The highest BCUT2D eigenvalue weighted by Crippen LogP contribution is 2.29. The van der Waals surface area contributed by atoms with Crippen molar-refractivity contribution in [2.45, 2.75) is 20.3 Å². The van der Waals surface area contributed by atoms with Gasteiger partial charge in [-0.15, -0.1) is 0 Å². The predicted octanol–water partition coefficient (Wildman–Crippen LogP) is 3.69. The maximum absolute atomic E-state index is 6.13. The molecule has 0 bridgehead atoms. The van der Waals surface area contributed by atoms with Gasteiger partial charge >= 0.3 is 0 Å². The van der Waals surface area contributed by atoms with Gasteiger partial charge in [-0.05, 0) is 43.9 Å². The van der Waals surface area contributed by atoms with Crippen molar-refractivity contribution in [2.75, 3.05) is 29.9 Å². The molecule has 0 spiro atoms. The molecule has 1 atom stereocenters. The highest BCUT2D eigenvalue weighted by atomic mass is 35.5. The Labute approximate surface area is 136 Å². The van der Waals surface area contributed by atoms with Crippen LogP contribution >= 0.6 is 11.6 Å². The fraction of sp³-hybridized carbons (Fsp3) is 0.412. The zero-order valence-electron chi connectivity index (χ0n) is 13.0. The number of nitrogens with zero attached hydrogens (tertiary/aromatic N) is 3. The third kappa shape index (κ3) is 3.50. The molecule has 22 heavy (non-hydrogen) atoms. The third-order valence-corrected chi connectivity index (χ3v) is 4.36. The summed E-state index contributed by atoms with van der Waals surface area (Å²) in [5, 5.41) is 4.20. The van der Waals surface area contributed by atoms with Crippen LogP contribution < -0.4 is 10.2 Å². The number of aromatic nitrogens is 2. The van der Waals surface area contributed by atoms with Gasteiger partial charge in [-0.1, -0.05) is 17.7 Å². The molecule has 0 amide bonds. The molecular formula is C17H21ClN4. The minimum absolute atomic E-state index is 0.612. The van der Waals surface area contributed by atoms with Gasteiger partial charge in [0, 0.05) is 36.5 Å². The molecule has 2 heterocycles. The van der Waals surface area contributed by atoms with E-state index in [1.54, 1.807) is 12.4 Å². The second-order valence-corrected chi connectivity index (χ2v) is 6.39. The lowest BCUT2D eigenvalue weighted by Crippen LogP contribution is -2.23. The van der Waals surface area contributed by atoms with Crippen molar-refractivity contribution in [1.29, 1.82) is 0 Å². The molecule has 1 aromatic carbocycles. The fourth-order valence-electron chi connectivity index (χ4n) is 2.94. The zero-order chi connectivity index (χ0) is 15.5. The Bertz CT molecular complexity index is 659. The molecule has 0 aliphatic carbocycles. The van der Waals surface area contributed by atoms with E-state index in [-0.39, 0.29) is 0 Å². The number of hydrogen-bond acceptors (Lipinski definition) is 4. The summed E-state index contributed by atoms with van der Waals surface area (Å²) < 4.78 is 0. The Kier molecular flexibility index (Phi) is 4.48. The number of benzene rings is 1. The Morgan fingerprint density at radius 1 is 1.32 bits per heavy atom. The van der Waals surface area contributed by atoms with Crippen LogP contribution in [0.5, 0.6) is 0 Å². The summed E-state index contributed by atoms with van der Waals surface area (Å²) in [6.07, 6.45) is 4.73. The normalized spacial score (nSPS) is 17.8. The largest absolute Gasteiger partial charge is 0.371 e. The molecule has 1 aliphatic heterocycles. The first kappa shape index (κ1) is 15.1. The number of hydrogen-bond donors (Lipinski definition) is 1. The van der Waals surface area contributed by atoms with Crippen LogP contribution in [0, 0.1) is 19.8 Å². The first-order valence-corrected chi connectivity index (χ1v) is 8.03. The summed E-state index contributed by atoms with van der Waals surface area (Å²) in [7, 11) is 0. The molecule has 1 aromatic heterocycles. The lowest BCUT2D eigenvalue weighted by atomic mass is 10.1. The minimum atomic E-state index is 0.612. The number of aryl methyl sites for hydroxylation is 2. The van der Waals surface area contributed by atoms with E-state index < -0.39 is 0 Å². The Hall–Kier alpha value is -1.81. The van der Waals surface area contributed by atoms with Gasteiger partial charge in [-0.2, -0.15) is 0 Å². The molecular weight excluding hydrogens is 296 g/mol. The maximum Gasteiger partial charge on any atom is 0.144 e. The molecule has 0 saturated carbocycles. The van der Waals surface area contributed by atoms with Crippen LogP contribution in [-0.2, 0) is 0 Å². The molecule has 5 heteroatoms. The Morgan fingerprint density at radius 3 is 3.00 bits per heavy atom. The highest BCUT2D eigenvalue weighted by Gasteiger charge is 2.23. The Balaban J connectivity index is 1.59.